The highest BCUT2D eigenvalue weighted by Gasteiger charge is 2.02. The van der Waals surface area contributed by atoms with Crippen molar-refractivity contribution in [2.45, 2.75) is 6.54 Å². The molecule has 0 N–H and O–H groups in total. The van der Waals surface area contributed by atoms with Crippen LogP contribution < -0.4 is 0 Å². The second-order valence-electron chi connectivity index (χ2n) is 3.86. The predicted octanol–water partition coefficient (Wildman–Crippen LogP) is 3.13. The fraction of sp³-hybridized carbons (Fsp3) is 0.0769. The van der Waals surface area contributed by atoms with Gasteiger partial charge in [-0.15, -0.1) is 0 Å². The van der Waals surface area contributed by atoms with E-state index >= 15 is 0 Å². The summed E-state index contributed by atoms with van der Waals surface area (Å²) in [5.74, 6) is 0. The number of fused-ring (bicyclic) bond motifs is 1. The van der Waals surface area contributed by atoms with Crippen LogP contribution in [-0.4, -0.2) is 14.5 Å². The van der Waals surface area contributed by atoms with Gasteiger partial charge in [0.05, 0.1) is 23.6 Å². The van der Waals surface area contributed by atoms with Crippen molar-refractivity contribution in [3.05, 3.63) is 59.6 Å². The summed E-state index contributed by atoms with van der Waals surface area (Å²) in [5.41, 5.74) is 3.20. The average Bonchev–Trinajstić information content (AvgIpc) is 2.76. The zero-order chi connectivity index (χ0) is 11.7. The Bertz CT molecular complexity index is 643. The van der Waals surface area contributed by atoms with Gasteiger partial charge in [-0.25, -0.2) is 4.98 Å². The number of aromatic nitrogens is 3. The maximum absolute atomic E-state index is 5.86. The fourth-order valence-corrected chi connectivity index (χ4v) is 1.94. The van der Waals surface area contributed by atoms with Crippen LogP contribution in [0.1, 0.15) is 5.56 Å². The topological polar surface area (TPSA) is 30.7 Å². The Morgan fingerprint density at radius 2 is 1.94 bits per heavy atom. The molecule has 0 atom stereocenters. The van der Waals surface area contributed by atoms with Crippen LogP contribution in [0.3, 0.4) is 0 Å². The number of pyridine rings is 1. The van der Waals surface area contributed by atoms with E-state index in [-0.39, 0.29) is 0 Å². The molecule has 0 fully saturated rings. The van der Waals surface area contributed by atoms with Gasteiger partial charge in [0.15, 0.2) is 0 Å². The van der Waals surface area contributed by atoms with Crippen LogP contribution in [0.25, 0.3) is 11.0 Å². The number of imidazole rings is 1. The lowest BCUT2D eigenvalue weighted by molar-refractivity contribution is 0.823. The van der Waals surface area contributed by atoms with Crippen molar-refractivity contribution < 1.29 is 0 Å². The first-order chi connectivity index (χ1) is 8.33. The zero-order valence-electron chi connectivity index (χ0n) is 9.05. The first-order valence-electron chi connectivity index (χ1n) is 5.32. The Balaban J connectivity index is 1.97. The van der Waals surface area contributed by atoms with E-state index in [4.69, 9.17) is 11.6 Å². The van der Waals surface area contributed by atoms with Crippen molar-refractivity contribution in [3.63, 3.8) is 0 Å². The normalized spacial score (nSPS) is 10.9. The molecule has 4 heteroatoms. The number of benzene rings is 1. The molecule has 3 rings (SSSR count). The van der Waals surface area contributed by atoms with E-state index < -0.39 is 0 Å². The van der Waals surface area contributed by atoms with Gasteiger partial charge in [0, 0.05) is 17.8 Å². The van der Waals surface area contributed by atoms with E-state index in [1.165, 1.54) is 5.56 Å². The number of halogens is 1. The van der Waals surface area contributed by atoms with E-state index in [0.717, 1.165) is 22.6 Å². The third-order valence-electron chi connectivity index (χ3n) is 2.69. The summed E-state index contributed by atoms with van der Waals surface area (Å²) in [6.45, 7) is 0.777. The highest BCUT2D eigenvalue weighted by atomic mass is 35.5. The fourth-order valence-electron chi connectivity index (χ4n) is 1.82. The van der Waals surface area contributed by atoms with Gasteiger partial charge in [0.2, 0.25) is 0 Å². The molecule has 2 heterocycles. The third-order valence-corrected chi connectivity index (χ3v) is 2.94. The van der Waals surface area contributed by atoms with Crippen LogP contribution in [0.15, 0.2) is 49.1 Å². The van der Waals surface area contributed by atoms with Gasteiger partial charge in [-0.2, -0.15) is 0 Å². The molecule has 0 aliphatic rings. The molecular formula is C13H10ClN3. The molecule has 0 bridgehead atoms. The summed E-state index contributed by atoms with van der Waals surface area (Å²) >= 11 is 5.86. The lowest BCUT2D eigenvalue weighted by Gasteiger charge is -2.04. The van der Waals surface area contributed by atoms with Gasteiger partial charge in [-0.3, -0.25) is 4.98 Å². The zero-order valence-corrected chi connectivity index (χ0v) is 9.80. The van der Waals surface area contributed by atoms with Crippen molar-refractivity contribution in [1.29, 1.82) is 0 Å². The second-order valence-corrected chi connectivity index (χ2v) is 4.30. The molecule has 0 aliphatic heterocycles. The Morgan fingerprint density at radius 3 is 2.76 bits per heavy atom. The molecular weight excluding hydrogens is 234 g/mol. The van der Waals surface area contributed by atoms with Crippen molar-refractivity contribution >= 4 is 22.6 Å². The summed E-state index contributed by atoms with van der Waals surface area (Å²) in [7, 11) is 0. The van der Waals surface area contributed by atoms with Gasteiger partial charge in [0.1, 0.15) is 0 Å². The SMILES string of the molecule is Clc1ccc(Cn2cnc3ccncc32)cc1. The Hall–Kier alpha value is -1.87. The van der Waals surface area contributed by atoms with Gasteiger partial charge < -0.3 is 4.57 Å². The van der Waals surface area contributed by atoms with E-state index in [0.29, 0.717) is 0 Å². The Labute approximate surface area is 104 Å². The number of rotatable bonds is 2. The van der Waals surface area contributed by atoms with Crippen LogP contribution in [0, 0.1) is 0 Å². The van der Waals surface area contributed by atoms with Gasteiger partial charge in [-0.1, -0.05) is 23.7 Å². The Morgan fingerprint density at radius 1 is 1.12 bits per heavy atom. The predicted molar refractivity (Wildman–Crippen MR) is 68.1 cm³/mol. The lowest BCUT2D eigenvalue weighted by atomic mass is 10.2. The van der Waals surface area contributed by atoms with Crippen LogP contribution in [0.5, 0.6) is 0 Å². The molecule has 1 aromatic carbocycles. The molecule has 84 valence electrons. The molecule has 3 aromatic rings. The maximum atomic E-state index is 5.86. The smallest absolute Gasteiger partial charge is 0.0961 e. The molecule has 0 aliphatic carbocycles. The van der Waals surface area contributed by atoms with E-state index in [9.17, 15) is 0 Å². The summed E-state index contributed by atoms with van der Waals surface area (Å²) in [6.07, 6.45) is 5.42. The highest BCUT2D eigenvalue weighted by molar-refractivity contribution is 6.30. The summed E-state index contributed by atoms with van der Waals surface area (Å²) in [5, 5.41) is 0.755. The monoisotopic (exact) mass is 243 g/mol. The van der Waals surface area contributed by atoms with Crippen molar-refractivity contribution in [3.8, 4) is 0 Å². The minimum absolute atomic E-state index is 0.755. The summed E-state index contributed by atoms with van der Waals surface area (Å²) in [4.78, 5) is 8.45. The minimum atomic E-state index is 0.755. The van der Waals surface area contributed by atoms with E-state index in [2.05, 4.69) is 14.5 Å². The molecule has 0 unspecified atom stereocenters. The van der Waals surface area contributed by atoms with Crippen LogP contribution in [0.2, 0.25) is 5.02 Å². The molecule has 0 radical (unpaired) electrons. The summed E-state index contributed by atoms with van der Waals surface area (Å²) in [6, 6.07) is 9.74. The Kier molecular flexibility index (Phi) is 2.53. The van der Waals surface area contributed by atoms with Gasteiger partial charge >= 0.3 is 0 Å². The highest BCUT2D eigenvalue weighted by Crippen LogP contribution is 2.14. The molecule has 0 amide bonds. The van der Waals surface area contributed by atoms with Gasteiger partial charge in [0.25, 0.3) is 0 Å². The number of nitrogens with zero attached hydrogens (tertiary/aromatic N) is 3. The van der Waals surface area contributed by atoms with E-state index in [1.807, 2.05) is 42.9 Å². The third kappa shape index (κ3) is 2.01. The maximum Gasteiger partial charge on any atom is 0.0961 e. The largest absolute Gasteiger partial charge is 0.325 e. The number of hydrogen-bond acceptors (Lipinski definition) is 2. The second kappa shape index (κ2) is 4.18. The van der Waals surface area contributed by atoms with Crippen LogP contribution >= 0.6 is 11.6 Å². The average molecular weight is 244 g/mol. The minimum Gasteiger partial charge on any atom is -0.325 e. The first kappa shape index (κ1) is 10.3. The molecule has 0 saturated carbocycles. The van der Waals surface area contributed by atoms with Crippen LogP contribution in [0.4, 0.5) is 0 Å². The summed E-state index contributed by atoms with van der Waals surface area (Å²) < 4.78 is 2.07. The molecule has 2 aromatic heterocycles. The lowest BCUT2D eigenvalue weighted by Crippen LogP contribution is -1.97. The molecule has 17 heavy (non-hydrogen) atoms. The number of hydrogen-bond donors (Lipinski definition) is 0. The van der Waals surface area contributed by atoms with Crippen molar-refractivity contribution in [1.82, 2.24) is 14.5 Å². The standard InChI is InChI=1S/C13H10ClN3/c14-11-3-1-10(2-4-11)8-17-9-16-12-5-6-15-7-13(12)17/h1-7,9H,8H2. The van der Waals surface area contributed by atoms with Crippen molar-refractivity contribution in [2.75, 3.05) is 0 Å². The van der Waals surface area contributed by atoms with Crippen molar-refractivity contribution in [2.24, 2.45) is 0 Å². The molecule has 3 nitrogen and oxygen atoms in total. The molecule has 0 saturated heterocycles. The van der Waals surface area contributed by atoms with Gasteiger partial charge in [-0.05, 0) is 23.8 Å². The first-order valence-corrected chi connectivity index (χ1v) is 5.70. The van der Waals surface area contributed by atoms with Crippen LogP contribution in [-0.2, 0) is 6.54 Å². The molecule has 0 spiro atoms. The van der Waals surface area contributed by atoms with E-state index in [1.54, 1.807) is 6.20 Å². The quantitative estimate of drug-likeness (QED) is 0.692.